The van der Waals surface area contributed by atoms with Crippen LogP contribution in [0.4, 0.5) is 4.39 Å². The van der Waals surface area contributed by atoms with Crippen molar-refractivity contribution in [1.82, 2.24) is 10.2 Å². The summed E-state index contributed by atoms with van der Waals surface area (Å²) in [6.45, 7) is 7.83. The van der Waals surface area contributed by atoms with Crippen LogP contribution in [0.2, 0.25) is 0 Å². The average molecular weight is 465 g/mol. The first-order chi connectivity index (χ1) is 13.7. The third-order valence-corrected chi connectivity index (χ3v) is 5.81. The molecule has 1 N–H and O–H groups in total. The highest BCUT2D eigenvalue weighted by molar-refractivity contribution is 9.10. The number of benzene rings is 2. The van der Waals surface area contributed by atoms with Crippen LogP contribution >= 0.6 is 15.9 Å². The summed E-state index contributed by atoms with van der Waals surface area (Å²) < 4.78 is 19.9. The summed E-state index contributed by atoms with van der Waals surface area (Å²) >= 11 is 3.51. The molecule has 0 aliphatic carbocycles. The topological polar surface area (TPSA) is 58.6 Å². The Morgan fingerprint density at radius 2 is 1.76 bits per heavy atom. The standard InChI is InChI=1S/C22H26BrFN2O3/c1-5-25-22(28)16(4)26(12-17-6-8-18(24)9-7-17)20(27)13-29-19-10-14(2)21(23)15(3)11-19/h6-11,16H,5,12-13H2,1-4H3,(H,25,28)/t16-/m1/s1. The highest BCUT2D eigenvalue weighted by Gasteiger charge is 2.26. The summed E-state index contributed by atoms with van der Waals surface area (Å²) in [5.74, 6) is -0.346. The van der Waals surface area contributed by atoms with E-state index in [9.17, 15) is 14.0 Å². The number of aryl methyl sites for hydroxylation is 2. The zero-order valence-corrected chi connectivity index (χ0v) is 18.7. The first-order valence-corrected chi connectivity index (χ1v) is 10.2. The average Bonchev–Trinajstić information content (AvgIpc) is 2.69. The van der Waals surface area contributed by atoms with Crippen LogP contribution < -0.4 is 10.1 Å². The zero-order valence-electron chi connectivity index (χ0n) is 17.1. The van der Waals surface area contributed by atoms with Gasteiger partial charge in [0, 0.05) is 17.6 Å². The lowest BCUT2D eigenvalue weighted by molar-refractivity contribution is -0.142. The van der Waals surface area contributed by atoms with E-state index in [1.165, 1.54) is 17.0 Å². The summed E-state index contributed by atoms with van der Waals surface area (Å²) in [6, 6.07) is 8.87. The SMILES string of the molecule is CCNC(=O)[C@@H](C)N(Cc1ccc(F)cc1)C(=O)COc1cc(C)c(Br)c(C)c1. The molecule has 0 saturated heterocycles. The molecule has 156 valence electrons. The maximum absolute atomic E-state index is 13.2. The van der Waals surface area contributed by atoms with E-state index in [1.807, 2.05) is 32.9 Å². The Balaban J connectivity index is 2.16. The lowest BCUT2D eigenvalue weighted by Crippen LogP contribution is -2.49. The molecule has 0 aliphatic rings. The minimum absolute atomic E-state index is 0.180. The van der Waals surface area contributed by atoms with Gasteiger partial charge in [0.15, 0.2) is 6.61 Å². The number of ether oxygens (including phenoxy) is 1. The third-order valence-electron chi connectivity index (χ3n) is 4.56. The van der Waals surface area contributed by atoms with Crippen molar-refractivity contribution in [2.75, 3.05) is 13.2 Å². The van der Waals surface area contributed by atoms with Crippen LogP contribution in [0.25, 0.3) is 0 Å². The molecule has 0 unspecified atom stereocenters. The van der Waals surface area contributed by atoms with E-state index in [0.29, 0.717) is 12.3 Å². The maximum atomic E-state index is 13.2. The first-order valence-electron chi connectivity index (χ1n) is 9.44. The predicted molar refractivity (Wildman–Crippen MR) is 114 cm³/mol. The van der Waals surface area contributed by atoms with Gasteiger partial charge >= 0.3 is 0 Å². The Labute approximate surface area is 179 Å². The van der Waals surface area contributed by atoms with Crippen LogP contribution in [0.1, 0.15) is 30.5 Å². The Bertz CT molecular complexity index is 848. The Morgan fingerprint density at radius 1 is 1.17 bits per heavy atom. The molecule has 0 aromatic heterocycles. The number of rotatable bonds is 8. The Morgan fingerprint density at radius 3 is 2.31 bits per heavy atom. The zero-order chi connectivity index (χ0) is 21.6. The molecule has 2 rings (SSSR count). The van der Waals surface area contributed by atoms with Gasteiger partial charge in [0.25, 0.3) is 5.91 Å². The van der Waals surface area contributed by atoms with E-state index in [-0.39, 0.29) is 30.8 Å². The third kappa shape index (κ3) is 6.29. The molecule has 0 saturated carbocycles. The monoisotopic (exact) mass is 464 g/mol. The quantitative estimate of drug-likeness (QED) is 0.638. The first kappa shape index (κ1) is 22.9. The number of likely N-dealkylation sites (N-methyl/N-ethyl adjacent to an activating group) is 1. The van der Waals surface area contributed by atoms with Gasteiger partial charge in [-0.15, -0.1) is 0 Å². The van der Waals surface area contributed by atoms with E-state index in [4.69, 9.17) is 4.74 Å². The van der Waals surface area contributed by atoms with Gasteiger partial charge in [-0.3, -0.25) is 9.59 Å². The van der Waals surface area contributed by atoms with Crippen LogP contribution in [-0.4, -0.2) is 35.9 Å². The van der Waals surface area contributed by atoms with Crippen LogP contribution in [0, 0.1) is 19.7 Å². The maximum Gasteiger partial charge on any atom is 0.261 e. The molecular weight excluding hydrogens is 439 g/mol. The molecule has 0 fully saturated rings. The normalized spacial score (nSPS) is 11.7. The molecule has 0 heterocycles. The molecule has 0 radical (unpaired) electrons. The van der Waals surface area contributed by atoms with Gasteiger partial charge in [0.2, 0.25) is 5.91 Å². The smallest absolute Gasteiger partial charge is 0.261 e. The van der Waals surface area contributed by atoms with Gasteiger partial charge in [-0.2, -0.15) is 0 Å². The molecule has 2 aromatic carbocycles. The van der Waals surface area contributed by atoms with Gasteiger partial charge in [0.1, 0.15) is 17.6 Å². The van der Waals surface area contributed by atoms with E-state index >= 15 is 0 Å². The molecule has 29 heavy (non-hydrogen) atoms. The summed E-state index contributed by atoms with van der Waals surface area (Å²) in [7, 11) is 0. The number of amides is 2. The van der Waals surface area contributed by atoms with Crippen molar-refractivity contribution < 1.29 is 18.7 Å². The highest BCUT2D eigenvalue weighted by atomic mass is 79.9. The van der Waals surface area contributed by atoms with Crippen molar-refractivity contribution in [2.45, 2.75) is 40.3 Å². The molecule has 0 aliphatic heterocycles. The Hall–Kier alpha value is -2.41. The second-order valence-electron chi connectivity index (χ2n) is 6.88. The summed E-state index contributed by atoms with van der Waals surface area (Å²) in [5.41, 5.74) is 2.74. The lowest BCUT2D eigenvalue weighted by atomic mass is 10.1. The molecule has 2 aromatic rings. The number of halogens is 2. The summed E-state index contributed by atoms with van der Waals surface area (Å²) in [5, 5.41) is 2.73. The minimum atomic E-state index is -0.690. The number of hydrogen-bond acceptors (Lipinski definition) is 3. The molecule has 7 heteroatoms. The van der Waals surface area contributed by atoms with Crippen molar-refractivity contribution in [3.63, 3.8) is 0 Å². The van der Waals surface area contributed by atoms with Crippen LogP contribution in [0.3, 0.4) is 0 Å². The van der Waals surface area contributed by atoms with E-state index in [1.54, 1.807) is 19.1 Å². The van der Waals surface area contributed by atoms with Crippen molar-refractivity contribution in [3.8, 4) is 5.75 Å². The van der Waals surface area contributed by atoms with Crippen LogP contribution in [0.15, 0.2) is 40.9 Å². The van der Waals surface area contributed by atoms with E-state index in [2.05, 4.69) is 21.2 Å². The fraction of sp³-hybridized carbons (Fsp3) is 0.364. The molecule has 2 amide bonds. The van der Waals surface area contributed by atoms with Crippen molar-refractivity contribution in [1.29, 1.82) is 0 Å². The highest BCUT2D eigenvalue weighted by Crippen LogP contribution is 2.26. The molecule has 0 spiro atoms. The van der Waals surface area contributed by atoms with Crippen molar-refractivity contribution >= 4 is 27.7 Å². The second-order valence-corrected chi connectivity index (χ2v) is 7.67. The molecule has 5 nitrogen and oxygen atoms in total. The predicted octanol–water partition coefficient (Wildman–Crippen LogP) is 4.14. The minimum Gasteiger partial charge on any atom is -0.484 e. The number of carbonyl (C=O) groups is 2. The lowest BCUT2D eigenvalue weighted by Gasteiger charge is -2.28. The number of nitrogens with one attached hydrogen (secondary N) is 1. The fourth-order valence-corrected chi connectivity index (χ4v) is 3.14. The molecule has 0 bridgehead atoms. The van der Waals surface area contributed by atoms with E-state index in [0.717, 1.165) is 21.2 Å². The molecule has 1 atom stereocenters. The molecular formula is C22H26BrFN2O3. The van der Waals surface area contributed by atoms with Crippen LogP contribution in [0.5, 0.6) is 5.75 Å². The van der Waals surface area contributed by atoms with Gasteiger partial charge in [0.05, 0.1) is 0 Å². The fourth-order valence-electron chi connectivity index (χ4n) is 2.91. The number of hydrogen-bond donors (Lipinski definition) is 1. The summed E-state index contributed by atoms with van der Waals surface area (Å²) in [4.78, 5) is 26.7. The Kier molecular flexibility index (Phi) is 8.20. The van der Waals surface area contributed by atoms with E-state index < -0.39 is 6.04 Å². The number of nitrogens with zero attached hydrogens (tertiary/aromatic N) is 1. The van der Waals surface area contributed by atoms with Crippen molar-refractivity contribution in [3.05, 3.63) is 63.4 Å². The van der Waals surface area contributed by atoms with Gasteiger partial charge in [-0.05, 0) is 68.7 Å². The van der Waals surface area contributed by atoms with Crippen molar-refractivity contribution in [2.24, 2.45) is 0 Å². The van der Waals surface area contributed by atoms with Crippen LogP contribution in [-0.2, 0) is 16.1 Å². The number of carbonyl (C=O) groups excluding carboxylic acids is 2. The second kappa shape index (κ2) is 10.4. The largest absolute Gasteiger partial charge is 0.484 e. The summed E-state index contributed by atoms with van der Waals surface area (Å²) in [6.07, 6.45) is 0. The van der Waals surface area contributed by atoms with Gasteiger partial charge in [-0.1, -0.05) is 28.1 Å². The van der Waals surface area contributed by atoms with Gasteiger partial charge < -0.3 is 15.0 Å². The van der Waals surface area contributed by atoms with Gasteiger partial charge in [-0.25, -0.2) is 4.39 Å².